The summed E-state index contributed by atoms with van der Waals surface area (Å²) in [4.78, 5) is 4.42. The van der Waals surface area contributed by atoms with Crippen LogP contribution in [0.4, 0.5) is 13.2 Å². The predicted octanol–water partition coefficient (Wildman–Crippen LogP) is 7.63. The van der Waals surface area contributed by atoms with E-state index in [0.717, 1.165) is 22.9 Å². The second kappa shape index (κ2) is 9.13. The van der Waals surface area contributed by atoms with Gasteiger partial charge >= 0.3 is 6.18 Å². The van der Waals surface area contributed by atoms with Gasteiger partial charge in [-0.05, 0) is 76.1 Å². The van der Waals surface area contributed by atoms with Crippen molar-refractivity contribution in [3.8, 4) is 34.0 Å². The zero-order chi connectivity index (χ0) is 26.3. The highest BCUT2D eigenvalue weighted by Gasteiger charge is 2.35. The quantitative estimate of drug-likeness (QED) is 0.310. The Hall–Kier alpha value is -3.58. The maximum Gasteiger partial charge on any atom is 0.417 e. The first kappa shape index (κ1) is 25.5. The van der Waals surface area contributed by atoms with Crippen LogP contribution in [0.2, 0.25) is 0 Å². The van der Waals surface area contributed by atoms with E-state index in [4.69, 9.17) is 4.74 Å². The van der Waals surface area contributed by atoms with Crippen molar-refractivity contribution in [1.82, 2.24) is 9.55 Å². The summed E-state index contributed by atoms with van der Waals surface area (Å²) < 4.78 is 48.8. The van der Waals surface area contributed by atoms with E-state index in [9.17, 15) is 18.3 Å². The van der Waals surface area contributed by atoms with Crippen LogP contribution in [0, 0.1) is 0 Å². The fourth-order valence-corrected chi connectivity index (χ4v) is 3.87. The second-order valence-electron chi connectivity index (χ2n) is 10.2. The molecule has 0 atom stereocenters. The van der Waals surface area contributed by atoms with Crippen molar-refractivity contribution < 1.29 is 23.0 Å². The molecule has 0 aliphatic carbocycles. The van der Waals surface area contributed by atoms with Crippen LogP contribution in [0.1, 0.15) is 45.9 Å². The number of rotatable bonds is 5. The van der Waals surface area contributed by atoms with Crippen molar-refractivity contribution in [2.75, 3.05) is 0 Å². The summed E-state index contributed by atoms with van der Waals surface area (Å²) in [6.45, 7) is 9.06. The average molecular weight is 495 g/mol. The lowest BCUT2D eigenvalue weighted by Crippen LogP contribution is -2.22. The Morgan fingerprint density at radius 1 is 0.778 bits per heavy atom. The molecule has 1 aromatic heterocycles. The highest BCUT2D eigenvalue weighted by atomic mass is 19.4. The molecule has 0 spiro atoms. The van der Waals surface area contributed by atoms with Crippen molar-refractivity contribution in [3.63, 3.8) is 0 Å². The number of halogens is 3. The van der Waals surface area contributed by atoms with Gasteiger partial charge in [-0.1, -0.05) is 42.5 Å². The number of hydrogen-bond acceptors (Lipinski definition) is 3. The van der Waals surface area contributed by atoms with Gasteiger partial charge in [-0.25, -0.2) is 4.98 Å². The molecule has 0 aliphatic rings. The lowest BCUT2D eigenvalue weighted by Gasteiger charge is -2.21. The Morgan fingerprint density at radius 3 is 1.86 bits per heavy atom. The summed E-state index contributed by atoms with van der Waals surface area (Å²) in [6.07, 6.45) is -2.97. The molecule has 188 valence electrons. The molecule has 4 rings (SSSR count). The number of aromatic nitrogens is 2. The molecule has 4 nitrogen and oxygen atoms in total. The molecular weight excluding hydrogens is 465 g/mol. The Bertz CT molecular complexity index is 1340. The first-order valence-corrected chi connectivity index (χ1v) is 11.6. The first-order chi connectivity index (χ1) is 16.7. The summed E-state index contributed by atoms with van der Waals surface area (Å²) in [7, 11) is 0. The van der Waals surface area contributed by atoms with Gasteiger partial charge < -0.3 is 9.84 Å². The van der Waals surface area contributed by atoms with Crippen LogP contribution >= 0.6 is 0 Å². The number of aliphatic hydroxyl groups is 1. The number of benzene rings is 3. The van der Waals surface area contributed by atoms with E-state index in [0.29, 0.717) is 5.69 Å². The van der Waals surface area contributed by atoms with Crippen LogP contribution in [0.15, 0.2) is 79.0 Å². The van der Waals surface area contributed by atoms with E-state index in [1.54, 1.807) is 30.7 Å². The fraction of sp³-hybridized carbons (Fsp3) is 0.276. The molecule has 0 saturated carbocycles. The Labute approximate surface area is 209 Å². The van der Waals surface area contributed by atoms with Crippen molar-refractivity contribution in [3.05, 3.63) is 90.3 Å². The van der Waals surface area contributed by atoms with E-state index in [1.165, 1.54) is 12.1 Å². The van der Waals surface area contributed by atoms with Gasteiger partial charge in [0.05, 0.1) is 11.3 Å². The van der Waals surface area contributed by atoms with Crippen molar-refractivity contribution >= 4 is 0 Å². The lowest BCUT2D eigenvalue weighted by molar-refractivity contribution is -0.137. The normalized spacial score (nSPS) is 12.6. The van der Waals surface area contributed by atoms with Crippen molar-refractivity contribution in [1.29, 1.82) is 0 Å². The molecule has 36 heavy (non-hydrogen) atoms. The number of alkyl halides is 3. The van der Waals surface area contributed by atoms with Gasteiger partial charge in [0.2, 0.25) is 0 Å². The lowest BCUT2D eigenvalue weighted by atomic mass is 10.0. The monoisotopic (exact) mass is 494 g/mol. The van der Waals surface area contributed by atoms with Gasteiger partial charge in [-0.15, -0.1) is 0 Å². The van der Waals surface area contributed by atoms with Crippen LogP contribution in [0.25, 0.3) is 28.2 Å². The second-order valence-corrected chi connectivity index (χ2v) is 10.2. The molecule has 3 aromatic carbocycles. The average Bonchev–Trinajstić information content (AvgIpc) is 3.24. The maximum absolute atomic E-state index is 13.8. The minimum absolute atomic E-state index is 0.0565. The highest BCUT2D eigenvalue weighted by molar-refractivity contribution is 5.68. The molecule has 0 aliphatic heterocycles. The molecule has 0 radical (unpaired) electrons. The third-order valence-electron chi connectivity index (χ3n) is 5.56. The molecule has 0 amide bonds. The molecular formula is C29H29F3N2O2. The van der Waals surface area contributed by atoms with E-state index >= 15 is 0 Å². The zero-order valence-electron chi connectivity index (χ0n) is 20.9. The molecule has 1 N–H and O–H groups in total. The van der Waals surface area contributed by atoms with Gasteiger partial charge in [-0.3, -0.25) is 4.57 Å². The summed E-state index contributed by atoms with van der Waals surface area (Å²) in [5.41, 5.74) is 0.360. The summed E-state index contributed by atoms with van der Waals surface area (Å²) in [6, 6.07) is 20.5. The molecule has 0 bridgehead atoms. The zero-order valence-corrected chi connectivity index (χ0v) is 20.9. The minimum atomic E-state index is -4.55. The molecule has 0 fully saturated rings. The number of nitrogens with zero attached hydrogens (tertiary/aromatic N) is 2. The number of imidazole rings is 1. The fourth-order valence-electron chi connectivity index (χ4n) is 3.87. The molecule has 0 saturated heterocycles. The topological polar surface area (TPSA) is 47.3 Å². The summed E-state index contributed by atoms with van der Waals surface area (Å²) in [5, 5.41) is 10.5. The van der Waals surface area contributed by atoms with Crippen molar-refractivity contribution in [2.45, 2.75) is 52.0 Å². The van der Waals surface area contributed by atoms with Crippen LogP contribution in [-0.4, -0.2) is 20.3 Å². The highest BCUT2D eigenvalue weighted by Crippen LogP contribution is 2.38. The SMILES string of the molecule is CC(C)(C)Oc1ccc(-c2ccc(-n3cc(C(C)(C)O)nc3-c3ccccc3C(F)(F)F)cc2)cc1. The smallest absolute Gasteiger partial charge is 0.417 e. The van der Waals surface area contributed by atoms with Gasteiger partial charge in [0.25, 0.3) is 0 Å². The van der Waals surface area contributed by atoms with E-state index in [-0.39, 0.29) is 22.7 Å². The third kappa shape index (κ3) is 5.62. The van der Waals surface area contributed by atoms with Crippen LogP contribution in [0.3, 0.4) is 0 Å². The minimum Gasteiger partial charge on any atom is -0.488 e. The number of hydrogen-bond donors (Lipinski definition) is 1. The Balaban J connectivity index is 1.74. The third-order valence-corrected chi connectivity index (χ3v) is 5.56. The Morgan fingerprint density at radius 2 is 1.33 bits per heavy atom. The Kier molecular flexibility index (Phi) is 6.47. The van der Waals surface area contributed by atoms with Gasteiger partial charge in [0.1, 0.15) is 22.8 Å². The van der Waals surface area contributed by atoms with E-state index < -0.39 is 17.3 Å². The molecule has 0 unspecified atom stereocenters. The van der Waals surface area contributed by atoms with Gasteiger partial charge in [0.15, 0.2) is 0 Å². The molecule has 4 aromatic rings. The number of ether oxygens (including phenoxy) is 1. The van der Waals surface area contributed by atoms with Crippen LogP contribution < -0.4 is 4.74 Å². The molecule has 7 heteroatoms. The van der Waals surface area contributed by atoms with Crippen LogP contribution in [0.5, 0.6) is 5.75 Å². The van der Waals surface area contributed by atoms with Gasteiger partial charge in [-0.2, -0.15) is 13.2 Å². The van der Waals surface area contributed by atoms with Gasteiger partial charge in [0, 0.05) is 17.4 Å². The summed E-state index contributed by atoms with van der Waals surface area (Å²) >= 11 is 0. The largest absolute Gasteiger partial charge is 0.488 e. The summed E-state index contributed by atoms with van der Waals surface area (Å²) in [5.74, 6) is 0.880. The van der Waals surface area contributed by atoms with E-state index in [1.807, 2.05) is 69.3 Å². The maximum atomic E-state index is 13.8. The standard InChI is InChI=1S/C29H29F3N2O2/c1-27(2,3)36-22-16-12-20(13-17-22)19-10-14-21(15-11-19)34-18-25(28(4,5)35)33-26(34)23-8-6-7-9-24(23)29(30,31)32/h6-18,35H,1-5H3. The molecule has 1 heterocycles. The van der Waals surface area contributed by atoms with E-state index in [2.05, 4.69) is 4.98 Å². The first-order valence-electron chi connectivity index (χ1n) is 11.6. The predicted molar refractivity (Wildman–Crippen MR) is 135 cm³/mol. The van der Waals surface area contributed by atoms with Crippen molar-refractivity contribution in [2.24, 2.45) is 0 Å². The van der Waals surface area contributed by atoms with Crippen LogP contribution in [-0.2, 0) is 11.8 Å².